The zero-order chi connectivity index (χ0) is 13.0. The van der Waals surface area contributed by atoms with E-state index in [-0.39, 0.29) is 4.90 Å². The SMILES string of the molecule is [O-][S+](/N=C/c1cccc(F)c1)c1ccccc1F. The molecule has 0 heterocycles. The third-order valence-electron chi connectivity index (χ3n) is 2.17. The van der Waals surface area contributed by atoms with E-state index < -0.39 is 23.0 Å². The molecule has 2 rings (SSSR count). The summed E-state index contributed by atoms with van der Waals surface area (Å²) in [5.74, 6) is -0.983. The van der Waals surface area contributed by atoms with Crippen LogP contribution < -0.4 is 0 Å². The molecule has 0 aliphatic rings. The quantitative estimate of drug-likeness (QED) is 0.620. The molecular formula is C13H9F2NOS. The fourth-order valence-corrected chi connectivity index (χ4v) is 2.10. The van der Waals surface area contributed by atoms with Crippen molar-refractivity contribution >= 4 is 17.6 Å². The Morgan fingerprint density at radius 1 is 1.06 bits per heavy atom. The van der Waals surface area contributed by atoms with Crippen molar-refractivity contribution in [2.75, 3.05) is 0 Å². The number of halogens is 2. The third-order valence-corrected chi connectivity index (χ3v) is 3.18. The molecule has 0 spiro atoms. The second-order valence-electron chi connectivity index (χ2n) is 3.47. The lowest BCUT2D eigenvalue weighted by atomic mass is 10.2. The first-order valence-electron chi connectivity index (χ1n) is 5.13. The van der Waals surface area contributed by atoms with Crippen LogP contribution in [0.3, 0.4) is 0 Å². The van der Waals surface area contributed by atoms with E-state index in [0.717, 1.165) is 0 Å². The molecule has 0 saturated heterocycles. The Labute approximate surface area is 106 Å². The lowest BCUT2D eigenvalue weighted by Crippen LogP contribution is -2.00. The topological polar surface area (TPSA) is 35.4 Å². The average Bonchev–Trinajstić information content (AvgIpc) is 2.37. The Morgan fingerprint density at radius 3 is 2.56 bits per heavy atom. The van der Waals surface area contributed by atoms with Crippen molar-refractivity contribution in [3.8, 4) is 0 Å². The minimum absolute atomic E-state index is 0.00477. The van der Waals surface area contributed by atoms with Gasteiger partial charge in [0.1, 0.15) is 17.2 Å². The van der Waals surface area contributed by atoms with Crippen LogP contribution in [0.5, 0.6) is 0 Å². The Morgan fingerprint density at radius 2 is 1.83 bits per heavy atom. The Kier molecular flexibility index (Phi) is 4.07. The molecule has 92 valence electrons. The van der Waals surface area contributed by atoms with Gasteiger partial charge in [0.05, 0.1) is 6.21 Å². The van der Waals surface area contributed by atoms with Crippen LogP contribution >= 0.6 is 0 Å². The van der Waals surface area contributed by atoms with Gasteiger partial charge in [-0.15, -0.1) is 0 Å². The summed E-state index contributed by atoms with van der Waals surface area (Å²) < 4.78 is 41.6. The summed E-state index contributed by atoms with van der Waals surface area (Å²) in [7, 11) is 0. The fraction of sp³-hybridized carbons (Fsp3) is 0. The first-order chi connectivity index (χ1) is 8.66. The first-order valence-corrected chi connectivity index (χ1v) is 6.23. The number of hydrogen-bond acceptors (Lipinski definition) is 2. The Hall–Kier alpha value is -1.72. The van der Waals surface area contributed by atoms with Gasteiger partial charge in [-0.05, 0) is 24.3 Å². The van der Waals surface area contributed by atoms with Crippen LogP contribution in [0.2, 0.25) is 0 Å². The van der Waals surface area contributed by atoms with Crippen LogP contribution in [-0.2, 0) is 11.4 Å². The fourth-order valence-electron chi connectivity index (χ4n) is 1.34. The van der Waals surface area contributed by atoms with E-state index in [0.29, 0.717) is 5.56 Å². The van der Waals surface area contributed by atoms with E-state index in [1.807, 2.05) is 0 Å². The smallest absolute Gasteiger partial charge is 0.217 e. The molecule has 0 aromatic heterocycles. The molecule has 2 aromatic carbocycles. The van der Waals surface area contributed by atoms with Crippen LogP contribution in [-0.4, -0.2) is 10.8 Å². The molecule has 0 aliphatic carbocycles. The molecule has 0 fully saturated rings. The minimum atomic E-state index is -1.83. The summed E-state index contributed by atoms with van der Waals surface area (Å²) in [6, 6.07) is 11.4. The molecule has 1 unspecified atom stereocenters. The largest absolute Gasteiger partial charge is 0.586 e. The number of hydrogen-bond donors (Lipinski definition) is 0. The normalized spacial score (nSPS) is 12.8. The van der Waals surface area contributed by atoms with Gasteiger partial charge in [0.15, 0.2) is 5.82 Å². The Bertz CT molecular complexity index is 574. The molecule has 0 amide bonds. The van der Waals surface area contributed by atoms with E-state index in [9.17, 15) is 13.3 Å². The zero-order valence-electron chi connectivity index (χ0n) is 9.22. The van der Waals surface area contributed by atoms with Gasteiger partial charge in [0, 0.05) is 5.56 Å². The van der Waals surface area contributed by atoms with Gasteiger partial charge in [0.25, 0.3) is 0 Å². The molecule has 2 nitrogen and oxygen atoms in total. The predicted molar refractivity (Wildman–Crippen MR) is 66.8 cm³/mol. The van der Waals surface area contributed by atoms with Crippen LogP contribution in [0, 0.1) is 11.6 Å². The van der Waals surface area contributed by atoms with Crippen molar-refractivity contribution < 1.29 is 13.3 Å². The second-order valence-corrected chi connectivity index (χ2v) is 4.62. The highest BCUT2D eigenvalue weighted by molar-refractivity contribution is 7.90. The highest BCUT2D eigenvalue weighted by Crippen LogP contribution is 2.16. The summed E-state index contributed by atoms with van der Waals surface area (Å²) in [6.07, 6.45) is 1.26. The molecule has 0 saturated carbocycles. The van der Waals surface area contributed by atoms with Crippen LogP contribution in [0.4, 0.5) is 8.78 Å². The maximum atomic E-state index is 13.3. The maximum Gasteiger partial charge on any atom is 0.217 e. The highest BCUT2D eigenvalue weighted by atomic mass is 32.2. The summed E-state index contributed by atoms with van der Waals surface area (Å²) in [4.78, 5) is 0.00477. The van der Waals surface area contributed by atoms with E-state index in [2.05, 4.69) is 4.40 Å². The molecule has 5 heteroatoms. The number of rotatable bonds is 3. The van der Waals surface area contributed by atoms with Gasteiger partial charge in [-0.25, -0.2) is 8.78 Å². The lowest BCUT2D eigenvalue weighted by molar-refractivity contribution is 0.567. The van der Waals surface area contributed by atoms with Crippen molar-refractivity contribution in [1.29, 1.82) is 0 Å². The number of benzene rings is 2. The summed E-state index contributed by atoms with van der Waals surface area (Å²) in [5, 5.41) is 0. The monoisotopic (exact) mass is 265 g/mol. The summed E-state index contributed by atoms with van der Waals surface area (Å²) >= 11 is -1.83. The second kappa shape index (κ2) is 5.75. The number of nitrogens with zero attached hydrogens (tertiary/aromatic N) is 1. The van der Waals surface area contributed by atoms with Crippen molar-refractivity contribution in [2.45, 2.75) is 4.90 Å². The van der Waals surface area contributed by atoms with Gasteiger partial charge in [-0.1, -0.05) is 28.7 Å². The first kappa shape index (κ1) is 12.7. The van der Waals surface area contributed by atoms with Gasteiger partial charge in [0.2, 0.25) is 4.90 Å². The molecule has 0 bridgehead atoms. The van der Waals surface area contributed by atoms with Crippen molar-refractivity contribution in [3.05, 3.63) is 65.7 Å². The molecule has 0 radical (unpaired) electrons. The predicted octanol–water partition coefficient (Wildman–Crippen LogP) is 3.11. The Balaban J connectivity index is 2.17. The lowest BCUT2D eigenvalue weighted by Gasteiger charge is -2.02. The molecule has 18 heavy (non-hydrogen) atoms. The molecule has 0 N–H and O–H groups in total. The van der Waals surface area contributed by atoms with Gasteiger partial charge in [-0.3, -0.25) is 0 Å². The average molecular weight is 265 g/mol. The summed E-state index contributed by atoms with van der Waals surface area (Å²) in [6.45, 7) is 0. The maximum absolute atomic E-state index is 13.3. The zero-order valence-corrected chi connectivity index (χ0v) is 10.0. The third kappa shape index (κ3) is 3.15. The van der Waals surface area contributed by atoms with Gasteiger partial charge < -0.3 is 4.55 Å². The van der Waals surface area contributed by atoms with Crippen LogP contribution in [0.15, 0.2) is 57.8 Å². The molecule has 2 aromatic rings. The van der Waals surface area contributed by atoms with Crippen LogP contribution in [0.25, 0.3) is 0 Å². The molecule has 0 aliphatic heterocycles. The molecule has 1 atom stereocenters. The standard InChI is InChI=1S/C13H9F2NOS/c14-11-5-3-4-10(8-11)9-16-18(17)13-7-2-1-6-12(13)15/h1-9H/b16-9+. The van der Waals surface area contributed by atoms with E-state index in [4.69, 9.17) is 0 Å². The van der Waals surface area contributed by atoms with Crippen LogP contribution in [0.1, 0.15) is 5.56 Å². The van der Waals surface area contributed by atoms with E-state index >= 15 is 0 Å². The van der Waals surface area contributed by atoms with E-state index in [1.165, 1.54) is 42.6 Å². The van der Waals surface area contributed by atoms with Crippen molar-refractivity contribution in [2.24, 2.45) is 4.40 Å². The summed E-state index contributed by atoms with van der Waals surface area (Å²) in [5.41, 5.74) is 0.472. The minimum Gasteiger partial charge on any atom is -0.586 e. The van der Waals surface area contributed by atoms with Gasteiger partial charge in [-0.2, -0.15) is 0 Å². The molecular weight excluding hydrogens is 256 g/mol. The van der Waals surface area contributed by atoms with Crippen molar-refractivity contribution in [3.63, 3.8) is 0 Å². The highest BCUT2D eigenvalue weighted by Gasteiger charge is 2.14. The van der Waals surface area contributed by atoms with Gasteiger partial charge >= 0.3 is 0 Å². The van der Waals surface area contributed by atoms with E-state index in [1.54, 1.807) is 12.1 Å². The van der Waals surface area contributed by atoms with Crippen molar-refractivity contribution in [1.82, 2.24) is 0 Å².